The Kier molecular flexibility index (Phi) is 11.2. The van der Waals surface area contributed by atoms with Crippen molar-refractivity contribution in [2.45, 2.75) is 85.8 Å². The lowest BCUT2D eigenvalue weighted by atomic mass is 9.94. The first-order valence-electron chi connectivity index (χ1n) is 9.18. The zero-order valence-corrected chi connectivity index (χ0v) is 17.9. The number of carbonyl (C=O) groups excluding carboxylic acids is 2. The summed E-state index contributed by atoms with van der Waals surface area (Å²) in [5.41, 5.74) is -0.289. The highest BCUT2D eigenvalue weighted by Crippen LogP contribution is 2.22. The van der Waals surface area contributed by atoms with Gasteiger partial charge in [-0.3, -0.25) is 0 Å². The molecule has 0 fully saturated rings. The summed E-state index contributed by atoms with van der Waals surface area (Å²) in [6.07, 6.45) is 2.86. The van der Waals surface area contributed by atoms with Crippen molar-refractivity contribution in [2.24, 2.45) is 5.41 Å². The lowest BCUT2D eigenvalue weighted by Gasteiger charge is -2.23. The zero-order valence-electron chi connectivity index (χ0n) is 17.1. The van der Waals surface area contributed by atoms with Gasteiger partial charge in [-0.2, -0.15) is 11.8 Å². The van der Waals surface area contributed by atoms with Crippen LogP contribution in [-0.2, 0) is 14.3 Å². The number of esters is 1. The quantitative estimate of drug-likeness (QED) is 0.439. The fraction of sp³-hybridized carbons (Fsp3) is 0.895. The van der Waals surface area contributed by atoms with E-state index in [0.29, 0.717) is 18.4 Å². The van der Waals surface area contributed by atoms with Crippen LogP contribution in [0.15, 0.2) is 0 Å². The third-order valence-corrected chi connectivity index (χ3v) is 4.28. The van der Waals surface area contributed by atoms with E-state index in [1.165, 1.54) is 0 Å². The maximum Gasteiger partial charge on any atom is 0.408 e. The SMILES string of the molecule is CCCCOC(=O)[C@H](CCSCCC(C)(C)C)NC(=O)OC(C)(C)C. The first-order valence-corrected chi connectivity index (χ1v) is 10.3. The second-order valence-electron chi connectivity index (χ2n) is 8.43. The number of carbonyl (C=O) groups is 2. The summed E-state index contributed by atoms with van der Waals surface area (Å²) < 4.78 is 10.5. The van der Waals surface area contributed by atoms with Crippen molar-refractivity contribution in [1.29, 1.82) is 0 Å². The normalized spacial score (nSPS) is 13.2. The van der Waals surface area contributed by atoms with Gasteiger partial charge >= 0.3 is 12.1 Å². The molecule has 0 aromatic heterocycles. The number of hydrogen-bond donors (Lipinski definition) is 1. The van der Waals surface area contributed by atoms with Crippen LogP contribution in [0.3, 0.4) is 0 Å². The van der Waals surface area contributed by atoms with Crippen molar-refractivity contribution >= 4 is 23.8 Å². The summed E-state index contributed by atoms with van der Waals surface area (Å²) in [4.78, 5) is 24.2. The molecule has 1 N–H and O–H groups in total. The van der Waals surface area contributed by atoms with Crippen LogP contribution in [0.1, 0.15) is 74.1 Å². The predicted octanol–water partition coefficient (Wildman–Crippen LogP) is 4.78. The van der Waals surface area contributed by atoms with E-state index in [-0.39, 0.29) is 5.97 Å². The fourth-order valence-electron chi connectivity index (χ4n) is 1.80. The van der Waals surface area contributed by atoms with Gasteiger partial charge in [-0.1, -0.05) is 34.1 Å². The molecule has 0 spiro atoms. The van der Waals surface area contributed by atoms with Crippen molar-refractivity contribution in [1.82, 2.24) is 5.32 Å². The number of unbranched alkanes of at least 4 members (excludes halogenated alkanes) is 1. The van der Waals surface area contributed by atoms with Gasteiger partial charge in [-0.25, -0.2) is 9.59 Å². The number of rotatable bonds is 10. The van der Waals surface area contributed by atoms with Crippen LogP contribution in [0, 0.1) is 5.41 Å². The number of alkyl carbamates (subject to hydrolysis) is 1. The Labute approximate surface area is 158 Å². The van der Waals surface area contributed by atoms with E-state index in [9.17, 15) is 9.59 Å². The molecule has 0 bridgehead atoms. The summed E-state index contributed by atoms with van der Waals surface area (Å²) in [6, 6.07) is -0.658. The molecule has 0 radical (unpaired) electrons. The summed E-state index contributed by atoms with van der Waals surface area (Å²) >= 11 is 1.79. The molecule has 0 aromatic rings. The molecule has 0 saturated heterocycles. The highest BCUT2D eigenvalue weighted by molar-refractivity contribution is 7.99. The Balaban J connectivity index is 4.46. The number of ether oxygens (including phenoxy) is 2. The molecular formula is C19H37NO4S. The topological polar surface area (TPSA) is 64.6 Å². The molecule has 0 saturated carbocycles. The van der Waals surface area contributed by atoms with Gasteiger partial charge in [-0.15, -0.1) is 0 Å². The maximum atomic E-state index is 12.2. The minimum atomic E-state index is -0.658. The fourth-order valence-corrected chi connectivity index (χ4v) is 3.16. The number of amides is 1. The van der Waals surface area contributed by atoms with Gasteiger partial charge in [0.1, 0.15) is 11.6 Å². The largest absolute Gasteiger partial charge is 0.464 e. The number of thioether (sulfide) groups is 1. The molecule has 0 rings (SSSR count). The van der Waals surface area contributed by atoms with E-state index >= 15 is 0 Å². The third kappa shape index (κ3) is 15.1. The second-order valence-corrected chi connectivity index (χ2v) is 9.66. The Morgan fingerprint density at radius 1 is 1.08 bits per heavy atom. The monoisotopic (exact) mass is 375 g/mol. The molecular weight excluding hydrogens is 338 g/mol. The van der Waals surface area contributed by atoms with E-state index in [0.717, 1.165) is 30.8 Å². The lowest BCUT2D eigenvalue weighted by molar-refractivity contribution is -0.146. The van der Waals surface area contributed by atoms with Crippen molar-refractivity contribution in [3.8, 4) is 0 Å². The van der Waals surface area contributed by atoms with E-state index in [2.05, 4.69) is 26.1 Å². The Hall–Kier alpha value is -0.910. The van der Waals surface area contributed by atoms with Gasteiger partial charge in [0, 0.05) is 0 Å². The Bertz CT molecular complexity index is 399. The van der Waals surface area contributed by atoms with E-state index in [1.807, 2.05) is 6.92 Å². The van der Waals surface area contributed by atoms with Crippen LogP contribution in [-0.4, -0.2) is 41.8 Å². The van der Waals surface area contributed by atoms with Crippen LogP contribution in [0.4, 0.5) is 4.79 Å². The zero-order chi connectivity index (χ0) is 19.5. The first-order chi connectivity index (χ1) is 11.4. The van der Waals surface area contributed by atoms with Gasteiger partial charge in [0.2, 0.25) is 0 Å². The van der Waals surface area contributed by atoms with Crippen molar-refractivity contribution in [3.05, 3.63) is 0 Å². The van der Waals surface area contributed by atoms with E-state index in [4.69, 9.17) is 9.47 Å². The van der Waals surface area contributed by atoms with Crippen LogP contribution < -0.4 is 5.32 Å². The minimum Gasteiger partial charge on any atom is -0.464 e. The van der Waals surface area contributed by atoms with Crippen LogP contribution in [0.25, 0.3) is 0 Å². The smallest absolute Gasteiger partial charge is 0.408 e. The van der Waals surface area contributed by atoms with Gasteiger partial charge < -0.3 is 14.8 Å². The van der Waals surface area contributed by atoms with Crippen molar-refractivity contribution in [2.75, 3.05) is 18.1 Å². The van der Waals surface area contributed by atoms with Crippen molar-refractivity contribution in [3.63, 3.8) is 0 Å². The average Bonchev–Trinajstić information content (AvgIpc) is 2.42. The predicted molar refractivity (Wildman–Crippen MR) is 105 cm³/mol. The highest BCUT2D eigenvalue weighted by Gasteiger charge is 2.25. The number of hydrogen-bond acceptors (Lipinski definition) is 5. The standard InChI is InChI=1S/C19H37NO4S/c1-8-9-12-23-16(21)15(20-17(22)24-19(5,6)7)10-13-25-14-11-18(2,3)4/h15H,8-14H2,1-7H3,(H,20,22)/t15-/m0/s1. The van der Waals surface area contributed by atoms with E-state index < -0.39 is 17.7 Å². The van der Waals surface area contributed by atoms with Gasteiger partial charge in [0.05, 0.1) is 6.61 Å². The molecule has 0 aliphatic heterocycles. The summed E-state index contributed by atoms with van der Waals surface area (Å²) in [5.74, 6) is 1.45. The molecule has 0 heterocycles. The molecule has 6 heteroatoms. The highest BCUT2D eigenvalue weighted by atomic mass is 32.2. The lowest BCUT2D eigenvalue weighted by Crippen LogP contribution is -2.44. The molecule has 1 amide bonds. The average molecular weight is 376 g/mol. The second kappa shape index (κ2) is 11.7. The Morgan fingerprint density at radius 3 is 2.24 bits per heavy atom. The molecule has 5 nitrogen and oxygen atoms in total. The molecule has 0 unspecified atom stereocenters. The third-order valence-electron chi connectivity index (χ3n) is 3.26. The molecule has 0 aliphatic carbocycles. The molecule has 0 aliphatic rings. The molecule has 1 atom stereocenters. The van der Waals surface area contributed by atoms with Gasteiger partial charge in [0.15, 0.2) is 0 Å². The van der Waals surface area contributed by atoms with E-state index in [1.54, 1.807) is 32.5 Å². The van der Waals surface area contributed by atoms with Gasteiger partial charge in [-0.05, 0) is 57.0 Å². The van der Waals surface area contributed by atoms with Gasteiger partial charge in [0.25, 0.3) is 0 Å². The van der Waals surface area contributed by atoms with Crippen LogP contribution in [0.2, 0.25) is 0 Å². The summed E-state index contributed by atoms with van der Waals surface area (Å²) in [6.45, 7) is 14.5. The van der Waals surface area contributed by atoms with Crippen LogP contribution in [0.5, 0.6) is 0 Å². The molecule has 0 aromatic carbocycles. The molecule has 25 heavy (non-hydrogen) atoms. The maximum absolute atomic E-state index is 12.2. The first kappa shape index (κ1) is 24.1. The van der Waals surface area contributed by atoms with Crippen LogP contribution >= 0.6 is 11.8 Å². The van der Waals surface area contributed by atoms with Crippen molar-refractivity contribution < 1.29 is 19.1 Å². The molecule has 148 valence electrons. The Morgan fingerprint density at radius 2 is 1.72 bits per heavy atom. The summed E-state index contributed by atoms with van der Waals surface area (Å²) in [5, 5.41) is 2.66. The summed E-state index contributed by atoms with van der Waals surface area (Å²) in [7, 11) is 0. The minimum absolute atomic E-state index is 0.306. The number of nitrogens with one attached hydrogen (secondary N) is 1.